The van der Waals surface area contributed by atoms with E-state index in [4.69, 9.17) is 16.3 Å². The molecule has 1 aliphatic carbocycles. The molecule has 0 saturated heterocycles. The van der Waals surface area contributed by atoms with Gasteiger partial charge in [-0.2, -0.15) is 4.98 Å². The number of carbonyl (C=O) groups is 1. The second-order valence-corrected chi connectivity index (χ2v) is 6.97. The molecule has 8 heteroatoms. The SMILES string of the molecule is COc1nccc(Nc2ccc(Cl)c(C(=O)NC(O)C3CCCCC3)c2)n1. The minimum atomic E-state index is -0.864. The largest absolute Gasteiger partial charge is 0.467 e. The lowest BCUT2D eigenvalue weighted by atomic mass is 9.88. The maximum absolute atomic E-state index is 12.6. The average molecular weight is 391 g/mol. The number of aromatic nitrogens is 2. The molecule has 0 aliphatic heterocycles. The Morgan fingerprint density at radius 1 is 1.30 bits per heavy atom. The molecule has 1 heterocycles. The Bertz CT molecular complexity index is 796. The van der Waals surface area contributed by atoms with Gasteiger partial charge in [-0.3, -0.25) is 4.79 Å². The van der Waals surface area contributed by atoms with Crippen LogP contribution in [0.4, 0.5) is 11.5 Å². The number of anilines is 2. The quantitative estimate of drug-likeness (QED) is 0.653. The number of halogens is 1. The summed E-state index contributed by atoms with van der Waals surface area (Å²) in [5, 5.41) is 16.4. The number of rotatable bonds is 6. The van der Waals surface area contributed by atoms with Gasteiger partial charge >= 0.3 is 6.01 Å². The van der Waals surface area contributed by atoms with Crippen molar-refractivity contribution in [2.45, 2.75) is 38.3 Å². The summed E-state index contributed by atoms with van der Waals surface area (Å²) in [6, 6.07) is 6.92. The van der Waals surface area contributed by atoms with Crippen LogP contribution in [0.25, 0.3) is 0 Å². The van der Waals surface area contributed by atoms with Gasteiger partial charge in [0, 0.05) is 17.8 Å². The van der Waals surface area contributed by atoms with Crippen LogP contribution >= 0.6 is 11.6 Å². The Hall–Kier alpha value is -2.38. The van der Waals surface area contributed by atoms with Crippen LogP contribution in [-0.4, -0.2) is 34.3 Å². The van der Waals surface area contributed by atoms with Crippen molar-refractivity contribution in [2.24, 2.45) is 5.92 Å². The first kappa shape index (κ1) is 19.4. The normalized spacial score (nSPS) is 15.8. The number of benzene rings is 1. The Balaban J connectivity index is 1.71. The summed E-state index contributed by atoms with van der Waals surface area (Å²) in [4.78, 5) is 20.7. The zero-order chi connectivity index (χ0) is 19.2. The molecule has 0 spiro atoms. The molecule has 144 valence electrons. The Kier molecular flexibility index (Phi) is 6.47. The van der Waals surface area contributed by atoms with Crippen LogP contribution < -0.4 is 15.4 Å². The van der Waals surface area contributed by atoms with Gasteiger partial charge in [-0.15, -0.1) is 0 Å². The maximum Gasteiger partial charge on any atom is 0.318 e. The van der Waals surface area contributed by atoms with E-state index in [0.29, 0.717) is 16.5 Å². The highest BCUT2D eigenvalue weighted by Gasteiger charge is 2.24. The van der Waals surface area contributed by atoms with Crippen LogP contribution in [0.15, 0.2) is 30.5 Å². The number of hydrogen-bond acceptors (Lipinski definition) is 6. The van der Waals surface area contributed by atoms with Crippen LogP contribution in [-0.2, 0) is 0 Å². The van der Waals surface area contributed by atoms with Gasteiger partial charge in [-0.25, -0.2) is 4.98 Å². The predicted octanol–water partition coefficient (Wildman–Crippen LogP) is 3.51. The third kappa shape index (κ3) is 5.08. The zero-order valence-electron chi connectivity index (χ0n) is 15.1. The molecule has 1 saturated carbocycles. The summed E-state index contributed by atoms with van der Waals surface area (Å²) < 4.78 is 5.00. The molecule has 0 radical (unpaired) electrons. The fraction of sp³-hybridized carbons (Fsp3) is 0.421. The number of hydrogen-bond donors (Lipinski definition) is 3. The number of carbonyl (C=O) groups excluding carboxylic acids is 1. The van der Waals surface area contributed by atoms with Crippen molar-refractivity contribution in [3.8, 4) is 6.01 Å². The number of ether oxygens (including phenoxy) is 1. The Labute approximate surface area is 163 Å². The number of nitrogens with zero attached hydrogens (tertiary/aromatic N) is 2. The molecule has 1 aromatic carbocycles. The molecule has 7 nitrogen and oxygen atoms in total. The van der Waals surface area contributed by atoms with Crippen molar-refractivity contribution >= 4 is 29.0 Å². The third-order valence-corrected chi connectivity index (χ3v) is 5.00. The van der Waals surface area contributed by atoms with Crippen LogP contribution in [0.5, 0.6) is 6.01 Å². The molecule has 3 N–H and O–H groups in total. The smallest absolute Gasteiger partial charge is 0.318 e. The van der Waals surface area contributed by atoms with Crippen LogP contribution in [0, 0.1) is 5.92 Å². The molecular weight excluding hydrogens is 368 g/mol. The predicted molar refractivity (Wildman–Crippen MR) is 103 cm³/mol. The van der Waals surface area contributed by atoms with Crippen LogP contribution in [0.3, 0.4) is 0 Å². The number of nitrogens with one attached hydrogen (secondary N) is 2. The van der Waals surface area contributed by atoms with E-state index in [-0.39, 0.29) is 17.5 Å². The number of aliphatic hydroxyl groups is 1. The molecule has 1 amide bonds. The van der Waals surface area contributed by atoms with Gasteiger partial charge in [-0.1, -0.05) is 30.9 Å². The molecule has 1 fully saturated rings. The second kappa shape index (κ2) is 9.01. The monoisotopic (exact) mass is 390 g/mol. The van der Waals surface area contributed by atoms with E-state index >= 15 is 0 Å². The fourth-order valence-corrected chi connectivity index (χ4v) is 3.42. The summed E-state index contributed by atoms with van der Waals surface area (Å²) in [5.41, 5.74) is 0.926. The first-order valence-corrected chi connectivity index (χ1v) is 9.37. The summed E-state index contributed by atoms with van der Waals surface area (Å²) in [7, 11) is 1.49. The van der Waals surface area contributed by atoms with Gasteiger partial charge in [-0.05, 0) is 37.1 Å². The maximum atomic E-state index is 12.6. The van der Waals surface area contributed by atoms with Crippen molar-refractivity contribution < 1.29 is 14.6 Å². The lowest BCUT2D eigenvalue weighted by molar-refractivity contribution is 0.0463. The van der Waals surface area contributed by atoms with Gasteiger partial charge < -0.3 is 20.5 Å². The number of methoxy groups -OCH3 is 1. The standard InChI is InChI=1S/C19H23ClN4O3/c1-27-19-21-10-9-16(23-19)22-13-7-8-15(20)14(11-13)18(26)24-17(25)12-5-3-2-4-6-12/h7-12,17,25H,2-6H2,1H3,(H,24,26)(H,21,22,23). The van der Waals surface area contributed by atoms with E-state index in [0.717, 1.165) is 25.7 Å². The Morgan fingerprint density at radius 2 is 2.07 bits per heavy atom. The molecule has 27 heavy (non-hydrogen) atoms. The van der Waals surface area contributed by atoms with Crippen molar-refractivity contribution in [2.75, 3.05) is 12.4 Å². The lowest BCUT2D eigenvalue weighted by Crippen LogP contribution is -2.41. The summed E-state index contributed by atoms with van der Waals surface area (Å²) >= 11 is 6.20. The van der Waals surface area contributed by atoms with E-state index in [1.165, 1.54) is 13.5 Å². The summed E-state index contributed by atoms with van der Waals surface area (Å²) in [6.07, 6.45) is 5.90. The number of aliphatic hydroxyl groups excluding tert-OH is 1. The molecule has 3 rings (SSSR count). The van der Waals surface area contributed by atoms with Gasteiger partial charge in [0.1, 0.15) is 12.0 Å². The Morgan fingerprint density at radius 3 is 2.81 bits per heavy atom. The minimum Gasteiger partial charge on any atom is -0.467 e. The fourth-order valence-electron chi connectivity index (χ4n) is 3.21. The topological polar surface area (TPSA) is 96.4 Å². The third-order valence-electron chi connectivity index (χ3n) is 4.67. The van der Waals surface area contributed by atoms with E-state index in [9.17, 15) is 9.90 Å². The number of amides is 1. The highest BCUT2D eigenvalue weighted by molar-refractivity contribution is 6.34. The molecule has 1 aliphatic rings. The highest BCUT2D eigenvalue weighted by Crippen LogP contribution is 2.27. The van der Waals surface area contributed by atoms with Crippen LogP contribution in [0.2, 0.25) is 5.02 Å². The van der Waals surface area contributed by atoms with Crippen molar-refractivity contribution in [3.63, 3.8) is 0 Å². The molecule has 2 aromatic rings. The second-order valence-electron chi connectivity index (χ2n) is 6.56. The van der Waals surface area contributed by atoms with Crippen molar-refractivity contribution in [3.05, 3.63) is 41.0 Å². The first-order chi connectivity index (χ1) is 13.1. The van der Waals surface area contributed by atoms with Gasteiger partial charge in [0.2, 0.25) is 0 Å². The molecular formula is C19H23ClN4O3. The van der Waals surface area contributed by atoms with E-state index in [1.807, 2.05) is 0 Å². The molecule has 1 atom stereocenters. The first-order valence-electron chi connectivity index (χ1n) is 8.99. The van der Waals surface area contributed by atoms with E-state index in [1.54, 1.807) is 30.5 Å². The van der Waals surface area contributed by atoms with Gasteiger partial charge in [0.15, 0.2) is 0 Å². The van der Waals surface area contributed by atoms with Crippen LogP contribution in [0.1, 0.15) is 42.5 Å². The van der Waals surface area contributed by atoms with Crippen molar-refractivity contribution in [1.29, 1.82) is 0 Å². The molecule has 1 unspecified atom stereocenters. The van der Waals surface area contributed by atoms with Crippen molar-refractivity contribution in [1.82, 2.24) is 15.3 Å². The van der Waals surface area contributed by atoms with Gasteiger partial charge in [0.05, 0.1) is 17.7 Å². The van der Waals surface area contributed by atoms with E-state index < -0.39 is 12.1 Å². The van der Waals surface area contributed by atoms with Gasteiger partial charge in [0.25, 0.3) is 5.91 Å². The summed E-state index contributed by atoms with van der Waals surface area (Å²) in [6.45, 7) is 0. The zero-order valence-corrected chi connectivity index (χ0v) is 15.9. The van der Waals surface area contributed by atoms with E-state index in [2.05, 4.69) is 20.6 Å². The highest BCUT2D eigenvalue weighted by atomic mass is 35.5. The minimum absolute atomic E-state index is 0.0938. The lowest BCUT2D eigenvalue weighted by Gasteiger charge is -2.27. The molecule has 1 aromatic heterocycles. The molecule has 0 bridgehead atoms. The summed E-state index contributed by atoms with van der Waals surface area (Å²) in [5.74, 6) is 0.219. The average Bonchev–Trinajstić information content (AvgIpc) is 2.70.